The van der Waals surface area contributed by atoms with E-state index in [4.69, 9.17) is 4.74 Å². The average Bonchev–Trinajstić information content (AvgIpc) is 2.69. The van der Waals surface area contributed by atoms with Crippen LogP contribution < -0.4 is 5.32 Å². The Bertz CT molecular complexity index is 845. The highest BCUT2D eigenvalue weighted by Crippen LogP contribution is 2.20. The molecule has 1 fully saturated rings. The van der Waals surface area contributed by atoms with E-state index in [9.17, 15) is 9.59 Å². The predicted molar refractivity (Wildman–Crippen MR) is 111 cm³/mol. The van der Waals surface area contributed by atoms with Crippen LogP contribution in [0, 0.1) is 12.8 Å². The Morgan fingerprint density at radius 1 is 1.14 bits per heavy atom. The van der Waals surface area contributed by atoms with Gasteiger partial charge in [0.1, 0.15) is 0 Å². The van der Waals surface area contributed by atoms with E-state index in [0.29, 0.717) is 16.8 Å². The summed E-state index contributed by atoms with van der Waals surface area (Å²) in [4.78, 5) is 26.8. The lowest BCUT2D eigenvalue weighted by Gasteiger charge is -2.30. The Morgan fingerprint density at radius 3 is 2.54 bits per heavy atom. The Kier molecular flexibility index (Phi) is 6.47. The summed E-state index contributed by atoms with van der Waals surface area (Å²) in [7, 11) is 1.34. The third-order valence-electron chi connectivity index (χ3n) is 5.27. The minimum absolute atomic E-state index is 0.191. The summed E-state index contributed by atoms with van der Waals surface area (Å²) in [6, 6.07) is 12.9. The van der Waals surface area contributed by atoms with E-state index in [1.165, 1.54) is 25.5 Å². The van der Waals surface area contributed by atoms with Gasteiger partial charge in [-0.3, -0.25) is 9.69 Å². The van der Waals surface area contributed by atoms with E-state index in [2.05, 4.69) is 17.1 Å². The molecule has 0 saturated carbocycles. The van der Waals surface area contributed by atoms with Crippen molar-refractivity contribution in [2.24, 2.45) is 5.92 Å². The molecule has 148 valence electrons. The van der Waals surface area contributed by atoms with Crippen LogP contribution in [0.4, 0.5) is 5.69 Å². The van der Waals surface area contributed by atoms with Gasteiger partial charge in [-0.25, -0.2) is 4.79 Å². The maximum Gasteiger partial charge on any atom is 0.337 e. The molecule has 0 spiro atoms. The van der Waals surface area contributed by atoms with Crippen molar-refractivity contribution in [2.45, 2.75) is 33.2 Å². The number of carbonyl (C=O) groups excluding carboxylic acids is 2. The van der Waals surface area contributed by atoms with Crippen LogP contribution in [0.5, 0.6) is 0 Å². The molecule has 0 radical (unpaired) electrons. The van der Waals surface area contributed by atoms with E-state index < -0.39 is 5.97 Å². The van der Waals surface area contributed by atoms with Crippen LogP contribution in [-0.2, 0) is 11.3 Å². The number of ether oxygens (including phenoxy) is 1. The largest absolute Gasteiger partial charge is 0.465 e. The number of piperidine rings is 1. The van der Waals surface area contributed by atoms with Crippen LogP contribution in [0.25, 0.3) is 0 Å². The van der Waals surface area contributed by atoms with Gasteiger partial charge in [-0.05, 0) is 67.6 Å². The second-order valence-electron chi connectivity index (χ2n) is 7.65. The fraction of sp³-hybridized carbons (Fsp3) is 0.391. The molecule has 5 nitrogen and oxygen atoms in total. The molecule has 1 atom stereocenters. The molecule has 1 saturated heterocycles. The quantitative estimate of drug-likeness (QED) is 0.787. The molecule has 1 unspecified atom stereocenters. The van der Waals surface area contributed by atoms with E-state index in [1.54, 1.807) is 18.2 Å². The van der Waals surface area contributed by atoms with E-state index in [-0.39, 0.29) is 5.91 Å². The molecule has 1 heterocycles. The minimum Gasteiger partial charge on any atom is -0.465 e. The third-order valence-corrected chi connectivity index (χ3v) is 5.27. The van der Waals surface area contributed by atoms with E-state index in [1.807, 2.05) is 31.2 Å². The number of nitrogens with one attached hydrogen (secondary N) is 1. The molecule has 1 N–H and O–H groups in total. The zero-order valence-corrected chi connectivity index (χ0v) is 16.8. The van der Waals surface area contributed by atoms with Gasteiger partial charge in [0.2, 0.25) is 0 Å². The molecule has 1 amide bonds. The average molecular weight is 380 g/mol. The summed E-state index contributed by atoms with van der Waals surface area (Å²) >= 11 is 0. The van der Waals surface area contributed by atoms with Crippen molar-refractivity contribution in [1.29, 1.82) is 0 Å². The number of carbonyl (C=O) groups is 2. The van der Waals surface area contributed by atoms with Gasteiger partial charge < -0.3 is 10.1 Å². The molecule has 0 aliphatic carbocycles. The zero-order chi connectivity index (χ0) is 20.1. The van der Waals surface area contributed by atoms with Gasteiger partial charge >= 0.3 is 5.97 Å². The minimum atomic E-state index is -0.424. The molecule has 0 bridgehead atoms. The number of benzene rings is 2. The van der Waals surface area contributed by atoms with Crippen molar-refractivity contribution in [2.75, 3.05) is 25.5 Å². The highest BCUT2D eigenvalue weighted by atomic mass is 16.5. The highest BCUT2D eigenvalue weighted by Gasteiger charge is 2.16. The van der Waals surface area contributed by atoms with Crippen LogP contribution in [-0.4, -0.2) is 37.0 Å². The molecular weight excluding hydrogens is 352 g/mol. The Balaban J connectivity index is 1.65. The van der Waals surface area contributed by atoms with Crippen LogP contribution in [0.2, 0.25) is 0 Å². The van der Waals surface area contributed by atoms with Crippen LogP contribution in [0.15, 0.2) is 42.5 Å². The van der Waals surface area contributed by atoms with Gasteiger partial charge in [0.25, 0.3) is 5.91 Å². The molecule has 28 heavy (non-hydrogen) atoms. The second-order valence-corrected chi connectivity index (χ2v) is 7.65. The topological polar surface area (TPSA) is 58.6 Å². The Hall–Kier alpha value is -2.66. The first-order valence-electron chi connectivity index (χ1n) is 9.78. The number of hydrogen-bond donors (Lipinski definition) is 1. The standard InChI is InChI=1S/C23H28N2O3/c1-16-5-4-12-25(14-16)15-18-7-10-19(11-8-18)22(26)24-21-13-20(23(27)28-3)9-6-17(21)2/h6-11,13,16H,4-5,12,14-15H2,1-3H3,(H,24,26). The summed E-state index contributed by atoms with van der Waals surface area (Å²) in [5.74, 6) is 0.137. The van der Waals surface area contributed by atoms with E-state index in [0.717, 1.165) is 31.1 Å². The maximum absolute atomic E-state index is 12.6. The molecule has 0 aromatic heterocycles. The van der Waals surface area contributed by atoms with Crippen molar-refractivity contribution in [3.05, 3.63) is 64.7 Å². The SMILES string of the molecule is COC(=O)c1ccc(C)c(NC(=O)c2ccc(CN3CCCC(C)C3)cc2)c1. The summed E-state index contributed by atoms with van der Waals surface area (Å²) in [5, 5.41) is 2.90. The number of amides is 1. The predicted octanol–water partition coefficient (Wildman–Crippen LogP) is 4.27. The zero-order valence-electron chi connectivity index (χ0n) is 16.8. The summed E-state index contributed by atoms with van der Waals surface area (Å²) in [5.41, 5.74) is 3.72. The molecular formula is C23H28N2O3. The lowest BCUT2D eigenvalue weighted by atomic mass is 9.99. The summed E-state index contributed by atoms with van der Waals surface area (Å²) in [6.45, 7) is 7.39. The Morgan fingerprint density at radius 2 is 1.86 bits per heavy atom. The first-order valence-corrected chi connectivity index (χ1v) is 9.78. The van der Waals surface area contributed by atoms with Crippen LogP contribution in [0.1, 0.15) is 51.6 Å². The summed E-state index contributed by atoms with van der Waals surface area (Å²) < 4.78 is 4.75. The maximum atomic E-state index is 12.6. The normalized spacial score (nSPS) is 17.2. The molecule has 3 rings (SSSR count). The lowest BCUT2D eigenvalue weighted by Crippen LogP contribution is -2.33. The molecule has 1 aliphatic heterocycles. The van der Waals surface area contributed by atoms with Crippen LogP contribution >= 0.6 is 0 Å². The second kappa shape index (κ2) is 9.02. The smallest absolute Gasteiger partial charge is 0.337 e. The fourth-order valence-corrected chi connectivity index (χ4v) is 3.65. The summed E-state index contributed by atoms with van der Waals surface area (Å²) in [6.07, 6.45) is 2.57. The first kappa shape index (κ1) is 20.1. The van der Waals surface area contributed by atoms with Gasteiger partial charge in [0, 0.05) is 24.3 Å². The van der Waals surface area contributed by atoms with Crippen LogP contribution in [0.3, 0.4) is 0 Å². The number of rotatable bonds is 5. The number of anilines is 1. The van der Waals surface area contributed by atoms with Crippen molar-refractivity contribution in [3.63, 3.8) is 0 Å². The molecule has 5 heteroatoms. The van der Waals surface area contributed by atoms with Crippen molar-refractivity contribution >= 4 is 17.6 Å². The van der Waals surface area contributed by atoms with Gasteiger partial charge in [0.15, 0.2) is 0 Å². The first-order chi connectivity index (χ1) is 13.5. The molecule has 2 aromatic rings. The van der Waals surface area contributed by atoms with Gasteiger partial charge in [-0.1, -0.05) is 25.1 Å². The monoisotopic (exact) mass is 380 g/mol. The van der Waals surface area contributed by atoms with Gasteiger partial charge in [-0.15, -0.1) is 0 Å². The van der Waals surface area contributed by atoms with Crippen molar-refractivity contribution in [1.82, 2.24) is 4.90 Å². The van der Waals surface area contributed by atoms with Gasteiger partial charge in [0.05, 0.1) is 12.7 Å². The Labute approximate surface area is 166 Å². The number of aryl methyl sites for hydroxylation is 1. The van der Waals surface area contributed by atoms with Gasteiger partial charge in [-0.2, -0.15) is 0 Å². The molecule has 1 aliphatic rings. The number of methoxy groups -OCH3 is 1. The number of hydrogen-bond acceptors (Lipinski definition) is 4. The molecule has 2 aromatic carbocycles. The lowest BCUT2D eigenvalue weighted by molar-refractivity contribution is 0.0600. The number of esters is 1. The fourth-order valence-electron chi connectivity index (χ4n) is 3.65. The highest BCUT2D eigenvalue weighted by molar-refractivity contribution is 6.05. The van der Waals surface area contributed by atoms with Crippen molar-refractivity contribution in [3.8, 4) is 0 Å². The van der Waals surface area contributed by atoms with E-state index >= 15 is 0 Å². The van der Waals surface area contributed by atoms with Crippen molar-refractivity contribution < 1.29 is 14.3 Å². The number of nitrogens with zero attached hydrogens (tertiary/aromatic N) is 1. The number of likely N-dealkylation sites (tertiary alicyclic amines) is 1. The third kappa shape index (κ3) is 4.98.